The molecule has 0 atom stereocenters. The zero-order valence-electron chi connectivity index (χ0n) is 16.3. The van der Waals surface area contributed by atoms with Crippen LogP contribution < -0.4 is 10.6 Å². The normalized spacial score (nSPS) is 18.4. The van der Waals surface area contributed by atoms with Gasteiger partial charge in [0.1, 0.15) is 12.1 Å². The van der Waals surface area contributed by atoms with Crippen molar-refractivity contribution in [3.63, 3.8) is 0 Å². The monoisotopic (exact) mass is 391 g/mol. The number of rotatable bonds is 4. The Morgan fingerprint density at radius 2 is 1.59 bits per heavy atom. The quantitative estimate of drug-likeness (QED) is 0.775. The highest BCUT2D eigenvalue weighted by Crippen LogP contribution is 2.33. The van der Waals surface area contributed by atoms with E-state index in [1.165, 1.54) is 0 Å². The standard InChI is InChI=1S/C23H25N3O3/c27-20(24-19-13-7-6-12-18(19)17-10-4-3-5-11-17)16-26-21(28)23(25-22(26)29)14-8-1-2-9-15-23/h3-7,10-13H,1-2,8-9,14-16H2,(H,24,27)(H,25,29). The van der Waals surface area contributed by atoms with Gasteiger partial charge in [0.2, 0.25) is 5.91 Å². The van der Waals surface area contributed by atoms with Crippen molar-refractivity contribution >= 4 is 23.5 Å². The van der Waals surface area contributed by atoms with E-state index in [0.717, 1.165) is 41.7 Å². The SMILES string of the molecule is O=C(CN1C(=O)NC2(CCCCCC2)C1=O)Nc1ccccc1-c1ccccc1. The number of carbonyl (C=O) groups excluding carboxylic acids is 3. The first-order valence-electron chi connectivity index (χ1n) is 10.2. The Kier molecular flexibility index (Phi) is 5.34. The molecule has 1 saturated heterocycles. The number of nitrogens with zero attached hydrogens (tertiary/aromatic N) is 1. The third-order valence-corrected chi connectivity index (χ3v) is 5.79. The van der Waals surface area contributed by atoms with Gasteiger partial charge >= 0.3 is 6.03 Å². The number of carbonyl (C=O) groups is 3. The molecular weight excluding hydrogens is 366 g/mol. The van der Waals surface area contributed by atoms with Crippen LogP contribution in [0.2, 0.25) is 0 Å². The molecule has 2 aromatic carbocycles. The van der Waals surface area contributed by atoms with E-state index in [-0.39, 0.29) is 18.4 Å². The predicted octanol–water partition coefficient (Wildman–Crippen LogP) is 3.94. The number of hydrogen-bond acceptors (Lipinski definition) is 3. The van der Waals surface area contributed by atoms with Gasteiger partial charge in [0.25, 0.3) is 5.91 Å². The minimum absolute atomic E-state index is 0.268. The molecule has 6 nitrogen and oxygen atoms in total. The lowest BCUT2D eigenvalue weighted by Crippen LogP contribution is -2.47. The molecule has 4 rings (SSSR count). The number of hydrogen-bond donors (Lipinski definition) is 2. The van der Waals surface area contributed by atoms with Crippen LogP contribution >= 0.6 is 0 Å². The molecule has 1 heterocycles. The molecule has 2 N–H and O–H groups in total. The zero-order chi connectivity index (χ0) is 20.3. The molecule has 0 aromatic heterocycles. The van der Waals surface area contributed by atoms with Gasteiger partial charge in [-0.3, -0.25) is 14.5 Å². The van der Waals surface area contributed by atoms with Gasteiger partial charge in [-0.25, -0.2) is 4.79 Å². The minimum atomic E-state index is -0.824. The van der Waals surface area contributed by atoms with Crippen LogP contribution in [0.15, 0.2) is 54.6 Å². The van der Waals surface area contributed by atoms with Crippen molar-refractivity contribution in [3.8, 4) is 11.1 Å². The Balaban J connectivity index is 1.48. The third-order valence-electron chi connectivity index (χ3n) is 5.79. The first-order chi connectivity index (χ1) is 14.1. The Hall–Kier alpha value is -3.15. The molecule has 2 fully saturated rings. The summed E-state index contributed by atoms with van der Waals surface area (Å²) in [4.78, 5) is 39.2. The number of amides is 4. The average molecular weight is 391 g/mol. The minimum Gasteiger partial charge on any atom is -0.324 e. The second-order valence-electron chi connectivity index (χ2n) is 7.78. The van der Waals surface area contributed by atoms with E-state index in [2.05, 4.69) is 10.6 Å². The molecule has 0 unspecified atom stereocenters. The van der Waals surface area contributed by atoms with Crippen molar-refractivity contribution in [1.82, 2.24) is 10.2 Å². The largest absolute Gasteiger partial charge is 0.325 e. The first kappa shape index (κ1) is 19.2. The van der Waals surface area contributed by atoms with Crippen LogP contribution in [0.5, 0.6) is 0 Å². The smallest absolute Gasteiger partial charge is 0.324 e. The molecule has 150 valence electrons. The highest BCUT2D eigenvalue weighted by atomic mass is 16.2. The van der Waals surface area contributed by atoms with Crippen molar-refractivity contribution in [2.45, 2.75) is 44.1 Å². The molecule has 0 radical (unpaired) electrons. The first-order valence-corrected chi connectivity index (χ1v) is 10.2. The molecular formula is C23H25N3O3. The summed E-state index contributed by atoms with van der Waals surface area (Å²) in [6.45, 7) is -0.282. The maximum atomic E-state index is 13.0. The van der Waals surface area contributed by atoms with Crippen LogP contribution in [0.1, 0.15) is 38.5 Å². The zero-order valence-corrected chi connectivity index (χ0v) is 16.3. The van der Waals surface area contributed by atoms with Crippen LogP contribution in [0, 0.1) is 0 Å². The number of imide groups is 1. The fourth-order valence-corrected chi connectivity index (χ4v) is 4.29. The summed E-state index contributed by atoms with van der Waals surface area (Å²) in [6.07, 6.45) is 5.26. The second kappa shape index (κ2) is 8.07. The molecule has 1 spiro atoms. The van der Waals surface area contributed by atoms with Crippen molar-refractivity contribution < 1.29 is 14.4 Å². The summed E-state index contributed by atoms with van der Waals surface area (Å²) in [5.74, 6) is -0.654. The Labute approximate surface area is 170 Å². The molecule has 6 heteroatoms. The summed E-state index contributed by atoms with van der Waals surface area (Å²) < 4.78 is 0. The number of nitrogens with one attached hydrogen (secondary N) is 2. The Morgan fingerprint density at radius 3 is 2.31 bits per heavy atom. The molecule has 0 bridgehead atoms. The highest BCUT2D eigenvalue weighted by Gasteiger charge is 2.51. The van der Waals surface area contributed by atoms with Gasteiger partial charge in [-0.2, -0.15) is 0 Å². The number of anilines is 1. The van der Waals surface area contributed by atoms with E-state index in [0.29, 0.717) is 18.5 Å². The van der Waals surface area contributed by atoms with E-state index in [1.54, 1.807) is 0 Å². The second-order valence-corrected chi connectivity index (χ2v) is 7.78. The van der Waals surface area contributed by atoms with Gasteiger partial charge < -0.3 is 10.6 Å². The summed E-state index contributed by atoms with van der Waals surface area (Å²) in [5.41, 5.74) is 1.70. The summed E-state index contributed by atoms with van der Waals surface area (Å²) in [5, 5.41) is 5.74. The van der Waals surface area contributed by atoms with Gasteiger partial charge in [-0.05, 0) is 24.5 Å². The van der Waals surface area contributed by atoms with Crippen molar-refractivity contribution in [1.29, 1.82) is 0 Å². The average Bonchev–Trinajstić information content (AvgIpc) is 2.89. The van der Waals surface area contributed by atoms with E-state index in [1.807, 2.05) is 54.6 Å². The Bertz CT molecular complexity index is 918. The molecule has 2 aromatic rings. The summed E-state index contributed by atoms with van der Waals surface area (Å²) in [6, 6.07) is 16.8. The van der Waals surface area contributed by atoms with Crippen LogP contribution in [0.3, 0.4) is 0 Å². The van der Waals surface area contributed by atoms with E-state index in [4.69, 9.17) is 0 Å². The Morgan fingerprint density at radius 1 is 0.931 bits per heavy atom. The van der Waals surface area contributed by atoms with Crippen molar-refractivity contribution in [2.75, 3.05) is 11.9 Å². The highest BCUT2D eigenvalue weighted by molar-refractivity contribution is 6.10. The van der Waals surface area contributed by atoms with Gasteiger partial charge in [0, 0.05) is 11.3 Å². The molecule has 1 saturated carbocycles. The van der Waals surface area contributed by atoms with Crippen molar-refractivity contribution in [3.05, 3.63) is 54.6 Å². The fraction of sp³-hybridized carbons (Fsp3) is 0.348. The van der Waals surface area contributed by atoms with Gasteiger partial charge in [-0.15, -0.1) is 0 Å². The van der Waals surface area contributed by atoms with Crippen LogP contribution in [-0.2, 0) is 9.59 Å². The molecule has 2 aliphatic rings. The van der Waals surface area contributed by atoms with Crippen LogP contribution in [0.4, 0.5) is 10.5 Å². The maximum absolute atomic E-state index is 13.0. The van der Waals surface area contributed by atoms with Gasteiger partial charge in [0.05, 0.1) is 0 Å². The topological polar surface area (TPSA) is 78.5 Å². The lowest BCUT2D eigenvalue weighted by molar-refractivity contribution is -0.134. The lowest BCUT2D eigenvalue weighted by Gasteiger charge is -2.24. The van der Waals surface area contributed by atoms with Crippen LogP contribution in [0.25, 0.3) is 11.1 Å². The van der Waals surface area contributed by atoms with Crippen molar-refractivity contribution in [2.24, 2.45) is 0 Å². The predicted molar refractivity (Wildman–Crippen MR) is 111 cm³/mol. The van der Waals surface area contributed by atoms with Gasteiger partial charge in [-0.1, -0.05) is 74.2 Å². The molecule has 29 heavy (non-hydrogen) atoms. The molecule has 1 aliphatic heterocycles. The fourth-order valence-electron chi connectivity index (χ4n) is 4.29. The number of urea groups is 1. The summed E-state index contributed by atoms with van der Waals surface area (Å²) in [7, 11) is 0. The summed E-state index contributed by atoms with van der Waals surface area (Å²) >= 11 is 0. The number of para-hydroxylation sites is 1. The molecule has 1 aliphatic carbocycles. The molecule has 4 amide bonds. The lowest BCUT2D eigenvalue weighted by atomic mass is 9.90. The van der Waals surface area contributed by atoms with E-state index >= 15 is 0 Å². The third kappa shape index (κ3) is 3.88. The number of benzene rings is 2. The van der Waals surface area contributed by atoms with Gasteiger partial charge in [0.15, 0.2) is 0 Å². The van der Waals surface area contributed by atoms with Crippen LogP contribution in [-0.4, -0.2) is 34.8 Å². The maximum Gasteiger partial charge on any atom is 0.325 e. The van der Waals surface area contributed by atoms with E-state index < -0.39 is 11.6 Å². The van der Waals surface area contributed by atoms with E-state index in [9.17, 15) is 14.4 Å².